The standard InChI is InChI=1S/C24H23N3O5.CH4O3S/c1-31-12-13-32-17-10-11-19(18-4-2-3-5-20(18)24(29)30)21(14-17)23(28)27-16-8-6-15(7-9-16)22(25)26;1-5(2,3)4/h2-11,14H,12-13H2,1H3,(H3,25,26)(H,27,28)(H,29,30);1H3,(H,2,3,4). The van der Waals surface area contributed by atoms with E-state index in [2.05, 4.69) is 5.32 Å². The van der Waals surface area contributed by atoms with E-state index in [-0.39, 0.29) is 17.0 Å². The molecule has 0 atom stereocenters. The second-order valence-corrected chi connectivity index (χ2v) is 9.04. The van der Waals surface area contributed by atoms with Gasteiger partial charge in [-0.15, -0.1) is 0 Å². The lowest BCUT2D eigenvalue weighted by atomic mass is 9.94. The van der Waals surface area contributed by atoms with Crippen molar-refractivity contribution in [2.75, 3.05) is 31.9 Å². The van der Waals surface area contributed by atoms with Gasteiger partial charge in [0.25, 0.3) is 16.0 Å². The van der Waals surface area contributed by atoms with E-state index in [4.69, 9.17) is 25.2 Å². The van der Waals surface area contributed by atoms with Crippen LogP contribution in [0.4, 0.5) is 5.69 Å². The van der Waals surface area contributed by atoms with Crippen LogP contribution in [-0.2, 0) is 14.9 Å². The third kappa shape index (κ3) is 9.37. The van der Waals surface area contributed by atoms with Gasteiger partial charge in [0.2, 0.25) is 0 Å². The minimum Gasteiger partial charge on any atom is -0.491 e. The highest BCUT2D eigenvalue weighted by atomic mass is 32.2. The van der Waals surface area contributed by atoms with E-state index in [9.17, 15) is 23.1 Å². The zero-order valence-corrected chi connectivity index (χ0v) is 20.9. The molecule has 12 heteroatoms. The molecule has 0 aromatic heterocycles. The van der Waals surface area contributed by atoms with Crippen LogP contribution in [0.1, 0.15) is 26.3 Å². The van der Waals surface area contributed by atoms with Gasteiger partial charge in [-0.1, -0.05) is 18.2 Å². The Labute approximate surface area is 214 Å². The number of rotatable bonds is 9. The fourth-order valence-corrected chi connectivity index (χ4v) is 3.11. The number of carboxylic acid groups (broad SMARTS) is 1. The van der Waals surface area contributed by atoms with Gasteiger partial charge in [-0.3, -0.25) is 14.8 Å². The van der Waals surface area contributed by atoms with Crippen molar-refractivity contribution in [2.24, 2.45) is 5.73 Å². The summed E-state index contributed by atoms with van der Waals surface area (Å²) in [6.07, 6.45) is 0.715. The maximum Gasteiger partial charge on any atom is 0.336 e. The average Bonchev–Trinajstić information content (AvgIpc) is 2.83. The van der Waals surface area contributed by atoms with Crippen molar-refractivity contribution in [3.05, 3.63) is 83.4 Å². The van der Waals surface area contributed by atoms with Crippen LogP contribution in [0.5, 0.6) is 5.75 Å². The molecule has 0 aliphatic carbocycles. The molecular weight excluding hydrogens is 502 g/mol. The Morgan fingerprint density at radius 2 is 1.57 bits per heavy atom. The van der Waals surface area contributed by atoms with Gasteiger partial charge in [-0.05, 0) is 59.7 Å². The Balaban J connectivity index is 0.000000877. The Bertz CT molecular complexity index is 1360. The lowest BCUT2D eigenvalue weighted by molar-refractivity contribution is 0.0697. The molecule has 1 amide bonds. The van der Waals surface area contributed by atoms with Gasteiger partial charge >= 0.3 is 5.97 Å². The van der Waals surface area contributed by atoms with Gasteiger partial charge < -0.3 is 25.6 Å². The van der Waals surface area contributed by atoms with Crippen LogP contribution in [0.3, 0.4) is 0 Å². The van der Waals surface area contributed by atoms with E-state index < -0.39 is 22.0 Å². The number of anilines is 1. The number of ether oxygens (including phenoxy) is 2. The molecule has 6 N–H and O–H groups in total. The fourth-order valence-electron chi connectivity index (χ4n) is 3.11. The average molecular weight is 530 g/mol. The van der Waals surface area contributed by atoms with Crippen LogP contribution in [0, 0.1) is 5.41 Å². The summed E-state index contributed by atoms with van der Waals surface area (Å²) in [6, 6.07) is 17.9. The zero-order chi connectivity index (χ0) is 27.6. The summed E-state index contributed by atoms with van der Waals surface area (Å²) in [5.41, 5.74) is 7.72. The number of carbonyl (C=O) groups excluding carboxylic acids is 1. The largest absolute Gasteiger partial charge is 0.491 e. The highest BCUT2D eigenvalue weighted by Crippen LogP contribution is 2.31. The van der Waals surface area contributed by atoms with Crippen molar-refractivity contribution in [2.45, 2.75) is 0 Å². The van der Waals surface area contributed by atoms with E-state index in [1.54, 1.807) is 67.8 Å². The smallest absolute Gasteiger partial charge is 0.336 e. The predicted molar refractivity (Wildman–Crippen MR) is 139 cm³/mol. The number of nitrogens with one attached hydrogen (secondary N) is 2. The van der Waals surface area contributed by atoms with Crippen LogP contribution in [0.15, 0.2) is 66.7 Å². The quantitative estimate of drug-likeness (QED) is 0.120. The number of carboxylic acids is 1. The van der Waals surface area contributed by atoms with Gasteiger partial charge in [0, 0.05) is 18.4 Å². The number of amidine groups is 1. The summed E-state index contributed by atoms with van der Waals surface area (Å²) in [4.78, 5) is 24.9. The molecule has 0 spiro atoms. The molecule has 0 saturated carbocycles. The summed E-state index contributed by atoms with van der Waals surface area (Å²) < 4.78 is 36.5. The monoisotopic (exact) mass is 529 g/mol. The van der Waals surface area contributed by atoms with E-state index in [0.29, 0.717) is 47.6 Å². The van der Waals surface area contributed by atoms with Crippen molar-refractivity contribution < 1.29 is 37.1 Å². The van der Waals surface area contributed by atoms with Gasteiger partial charge in [-0.25, -0.2) is 4.79 Å². The molecular formula is C25H27N3O8S. The Hall–Kier alpha value is -4.26. The summed E-state index contributed by atoms with van der Waals surface area (Å²) in [7, 11) is -2.11. The molecule has 196 valence electrons. The number of aromatic carboxylic acids is 1. The molecule has 0 aliphatic heterocycles. The van der Waals surface area contributed by atoms with Gasteiger partial charge in [-0.2, -0.15) is 8.42 Å². The second kappa shape index (κ2) is 13.2. The zero-order valence-electron chi connectivity index (χ0n) is 20.1. The molecule has 37 heavy (non-hydrogen) atoms. The van der Waals surface area contributed by atoms with Crippen molar-refractivity contribution in [1.29, 1.82) is 5.41 Å². The summed E-state index contributed by atoms with van der Waals surface area (Å²) >= 11 is 0. The van der Waals surface area contributed by atoms with Crippen LogP contribution < -0.4 is 15.8 Å². The molecule has 0 radical (unpaired) electrons. The molecule has 0 saturated heterocycles. The first-order valence-electron chi connectivity index (χ1n) is 10.7. The van der Waals surface area contributed by atoms with Crippen LogP contribution in [0.25, 0.3) is 11.1 Å². The fraction of sp³-hybridized carbons (Fsp3) is 0.160. The van der Waals surface area contributed by atoms with Gasteiger partial charge in [0.05, 0.1) is 24.0 Å². The molecule has 0 fully saturated rings. The highest BCUT2D eigenvalue weighted by molar-refractivity contribution is 7.85. The number of carbonyl (C=O) groups is 2. The first kappa shape index (κ1) is 29.0. The van der Waals surface area contributed by atoms with Gasteiger partial charge in [0.1, 0.15) is 18.2 Å². The molecule has 0 heterocycles. The van der Waals surface area contributed by atoms with Crippen molar-refractivity contribution >= 4 is 33.5 Å². The number of amides is 1. The molecule has 0 bridgehead atoms. The van der Waals surface area contributed by atoms with Gasteiger partial charge in [0.15, 0.2) is 0 Å². The second-order valence-electron chi connectivity index (χ2n) is 7.58. The minimum absolute atomic E-state index is 0.0728. The SMILES string of the molecule is COCCOc1ccc(-c2ccccc2C(=O)O)c(C(=O)Nc2ccc(C(=N)N)cc2)c1.CS(=O)(=O)O. The van der Waals surface area contributed by atoms with Crippen molar-refractivity contribution in [3.63, 3.8) is 0 Å². The minimum atomic E-state index is -3.67. The van der Waals surface area contributed by atoms with E-state index >= 15 is 0 Å². The Morgan fingerprint density at radius 3 is 2.14 bits per heavy atom. The first-order chi connectivity index (χ1) is 17.4. The normalized spacial score (nSPS) is 10.6. The van der Waals surface area contributed by atoms with Crippen LogP contribution >= 0.6 is 0 Å². The number of nitrogens with two attached hydrogens (primary N) is 1. The number of hydrogen-bond donors (Lipinski definition) is 5. The topological polar surface area (TPSA) is 189 Å². The predicted octanol–water partition coefficient (Wildman–Crippen LogP) is 3.12. The maximum absolute atomic E-state index is 13.2. The molecule has 3 rings (SSSR count). The number of nitrogen functional groups attached to an aromatic ring is 1. The molecule has 3 aromatic rings. The molecule has 0 unspecified atom stereocenters. The molecule has 0 aliphatic rings. The number of hydrogen-bond acceptors (Lipinski definition) is 7. The summed E-state index contributed by atoms with van der Waals surface area (Å²) in [5, 5.41) is 19.9. The summed E-state index contributed by atoms with van der Waals surface area (Å²) in [6.45, 7) is 0.683. The third-order valence-corrected chi connectivity index (χ3v) is 4.69. The Kier molecular flexibility index (Phi) is 10.3. The first-order valence-corrected chi connectivity index (χ1v) is 12.5. The maximum atomic E-state index is 13.2. The Morgan fingerprint density at radius 1 is 0.973 bits per heavy atom. The number of methoxy groups -OCH3 is 1. The molecule has 3 aromatic carbocycles. The lowest BCUT2D eigenvalue weighted by Crippen LogP contribution is -2.15. The highest BCUT2D eigenvalue weighted by Gasteiger charge is 2.19. The molecule has 11 nitrogen and oxygen atoms in total. The summed E-state index contributed by atoms with van der Waals surface area (Å²) in [5.74, 6) is -1.15. The van der Waals surface area contributed by atoms with E-state index in [1.807, 2.05) is 0 Å². The van der Waals surface area contributed by atoms with Crippen molar-refractivity contribution in [3.8, 4) is 16.9 Å². The van der Waals surface area contributed by atoms with Crippen LogP contribution in [-0.4, -0.2) is 62.4 Å². The lowest BCUT2D eigenvalue weighted by Gasteiger charge is -2.15. The van der Waals surface area contributed by atoms with E-state index in [0.717, 1.165) is 0 Å². The number of benzene rings is 3. The van der Waals surface area contributed by atoms with Crippen molar-refractivity contribution in [1.82, 2.24) is 0 Å². The van der Waals surface area contributed by atoms with Crippen LogP contribution in [0.2, 0.25) is 0 Å². The van der Waals surface area contributed by atoms with E-state index in [1.165, 1.54) is 6.07 Å². The third-order valence-electron chi connectivity index (χ3n) is 4.69.